The first kappa shape index (κ1) is 15.5. The largest absolute Gasteiger partial charge is 0.381 e. The Morgan fingerprint density at radius 2 is 1.95 bits per heavy atom. The summed E-state index contributed by atoms with van der Waals surface area (Å²) in [4.78, 5) is 17.8. The molecule has 2 aliphatic rings. The quantitative estimate of drug-likeness (QED) is 0.852. The van der Waals surface area contributed by atoms with E-state index in [1.54, 1.807) is 6.92 Å². The molecule has 0 saturated carbocycles. The van der Waals surface area contributed by atoms with Gasteiger partial charge in [-0.15, -0.1) is 0 Å². The van der Waals surface area contributed by atoms with Crippen LogP contribution in [-0.4, -0.2) is 47.3 Å². The molecule has 6 heteroatoms. The Morgan fingerprint density at radius 1 is 1.23 bits per heavy atom. The molecule has 2 fully saturated rings. The Bertz CT molecular complexity index is 489. The van der Waals surface area contributed by atoms with Gasteiger partial charge in [0.2, 0.25) is 11.8 Å². The second-order valence-electron chi connectivity index (χ2n) is 6.42. The van der Waals surface area contributed by atoms with E-state index in [4.69, 9.17) is 9.26 Å². The second kappa shape index (κ2) is 7.22. The van der Waals surface area contributed by atoms with Gasteiger partial charge in [-0.3, -0.25) is 4.79 Å². The summed E-state index contributed by atoms with van der Waals surface area (Å²) in [5.74, 6) is 2.84. The Labute approximate surface area is 131 Å². The third-order valence-corrected chi connectivity index (χ3v) is 4.89. The van der Waals surface area contributed by atoms with Crippen molar-refractivity contribution in [2.45, 2.75) is 51.4 Å². The number of hydrogen-bond acceptors (Lipinski definition) is 5. The molecular formula is C16H25N3O3. The van der Waals surface area contributed by atoms with Gasteiger partial charge in [0, 0.05) is 45.6 Å². The smallest absolute Gasteiger partial charge is 0.229 e. The van der Waals surface area contributed by atoms with Gasteiger partial charge in [-0.2, -0.15) is 4.98 Å². The number of hydrogen-bond donors (Lipinski definition) is 0. The molecule has 1 aromatic heterocycles. The molecule has 0 unspecified atom stereocenters. The highest BCUT2D eigenvalue weighted by Gasteiger charge is 2.23. The van der Waals surface area contributed by atoms with Crippen molar-refractivity contribution in [1.82, 2.24) is 15.0 Å². The van der Waals surface area contributed by atoms with Crippen molar-refractivity contribution >= 4 is 5.91 Å². The van der Waals surface area contributed by atoms with E-state index in [-0.39, 0.29) is 5.91 Å². The van der Waals surface area contributed by atoms with E-state index in [1.807, 2.05) is 4.90 Å². The van der Waals surface area contributed by atoms with E-state index >= 15 is 0 Å². The summed E-state index contributed by atoms with van der Waals surface area (Å²) in [6, 6.07) is 0. The lowest BCUT2D eigenvalue weighted by Gasteiger charge is -2.31. The van der Waals surface area contributed by atoms with Gasteiger partial charge >= 0.3 is 0 Å². The van der Waals surface area contributed by atoms with Crippen LogP contribution >= 0.6 is 0 Å². The molecule has 0 aliphatic carbocycles. The lowest BCUT2D eigenvalue weighted by atomic mass is 9.92. The van der Waals surface area contributed by atoms with Crippen LogP contribution in [0.25, 0.3) is 0 Å². The second-order valence-corrected chi connectivity index (χ2v) is 6.42. The van der Waals surface area contributed by atoms with Crippen LogP contribution < -0.4 is 0 Å². The van der Waals surface area contributed by atoms with Gasteiger partial charge in [-0.25, -0.2) is 0 Å². The topological polar surface area (TPSA) is 68.5 Å². The lowest BCUT2D eigenvalue weighted by molar-refractivity contribution is -0.130. The third-order valence-electron chi connectivity index (χ3n) is 4.89. The van der Waals surface area contributed by atoms with Crippen molar-refractivity contribution in [1.29, 1.82) is 0 Å². The standard InChI is InChI=1S/C16H25N3O3/c1-12(20)19-8-4-13(5-9-19)2-3-15-17-16(22-18-15)14-6-10-21-11-7-14/h13-14H,2-11H2,1H3. The van der Waals surface area contributed by atoms with Gasteiger partial charge in [0.05, 0.1) is 0 Å². The number of rotatable bonds is 4. The Kier molecular flexibility index (Phi) is 5.08. The summed E-state index contributed by atoms with van der Waals surface area (Å²) in [5.41, 5.74) is 0. The Hall–Kier alpha value is -1.43. The number of likely N-dealkylation sites (tertiary alicyclic amines) is 1. The average molecular weight is 307 g/mol. The van der Waals surface area contributed by atoms with E-state index in [2.05, 4.69) is 10.1 Å². The third kappa shape index (κ3) is 3.85. The van der Waals surface area contributed by atoms with Gasteiger partial charge in [-0.05, 0) is 38.0 Å². The molecule has 6 nitrogen and oxygen atoms in total. The fourth-order valence-electron chi connectivity index (χ4n) is 3.35. The molecule has 0 bridgehead atoms. The predicted molar refractivity (Wildman–Crippen MR) is 80.4 cm³/mol. The summed E-state index contributed by atoms with van der Waals surface area (Å²) >= 11 is 0. The molecule has 0 N–H and O–H groups in total. The number of nitrogens with zero attached hydrogens (tertiary/aromatic N) is 3. The number of ether oxygens (including phenoxy) is 1. The Balaban J connectivity index is 1.44. The van der Waals surface area contributed by atoms with Gasteiger partial charge in [-0.1, -0.05) is 5.16 Å². The van der Waals surface area contributed by atoms with E-state index < -0.39 is 0 Å². The summed E-state index contributed by atoms with van der Waals surface area (Å²) in [7, 11) is 0. The van der Waals surface area contributed by atoms with Crippen molar-refractivity contribution in [3.8, 4) is 0 Å². The number of carbonyl (C=O) groups is 1. The van der Waals surface area contributed by atoms with Gasteiger partial charge in [0.15, 0.2) is 5.82 Å². The number of carbonyl (C=O) groups excluding carboxylic acids is 1. The maximum absolute atomic E-state index is 11.3. The number of piperidine rings is 1. The van der Waals surface area contributed by atoms with Crippen molar-refractivity contribution in [3.05, 3.63) is 11.7 Å². The van der Waals surface area contributed by atoms with Crippen LogP contribution in [0.3, 0.4) is 0 Å². The first-order valence-corrected chi connectivity index (χ1v) is 8.38. The normalized spacial score (nSPS) is 21.2. The molecule has 0 spiro atoms. The maximum atomic E-state index is 11.3. The van der Waals surface area contributed by atoms with Crippen LogP contribution in [0.5, 0.6) is 0 Å². The number of amides is 1. The highest BCUT2D eigenvalue weighted by atomic mass is 16.5. The van der Waals surface area contributed by atoms with Crippen molar-refractivity contribution in [2.75, 3.05) is 26.3 Å². The average Bonchev–Trinajstić information content (AvgIpc) is 3.03. The zero-order chi connectivity index (χ0) is 15.4. The van der Waals surface area contributed by atoms with Crippen LogP contribution in [0.2, 0.25) is 0 Å². The highest BCUT2D eigenvalue weighted by Crippen LogP contribution is 2.26. The minimum Gasteiger partial charge on any atom is -0.381 e. The van der Waals surface area contributed by atoms with Gasteiger partial charge in [0.1, 0.15) is 0 Å². The first-order valence-electron chi connectivity index (χ1n) is 8.38. The fourth-order valence-corrected chi connectivity index (χ4v) is 3.35. The predicted octanol–water partition coefficient (Wildman–Crippen LogP) is 2.15. The van der Waals surface area contributed by atoms with Crippen molar-refractivity contribution in [3.63, 3.8) is 0 Å². The monoisotopic (exact) mass is 307 g/mol. The van der Waals surface area contributed by atoms with E-state index in [9.17, 15) is 4.79 Å². The molecule has 0 atom stereocenters. The van der Waals surface area contributed by atoms with Gasteiger partial charge < -0.3 is 14.2 Å². The maximum Gasteiger partial charge on any atom is 0.229 e. The van der Waals surface area contributed by atoms with E-state index in [1.165, 1.54) is 0 Å². The molecule has 0 aromatic carbocycles. The lowest BCUT2D eigenvalue weighted by Crippen LogP contribution is -2.37. The summed E-state index contributed by atoms with van der Waals surface area (Å²) in [6.07, 6.45) is 6.08. The summed E-state index contributed by atoms with van der Waals surface area (Å²) < 4.78 is 10.8. The molecule has 0 radical (unpaired) electrons. The number of aromatic nitrogens is 2. The molecule has 1 amide bonds. The molecular weight excluding hydrogens is 282 g/mol. The van der Waals surface area contributed by atoms with E-state index in [0.717, 1.165) is 76.5 Å². The van der Waals surface area contributed by atoms with Gasteiger partial charge in [0.25, 0.3) is 0 Å². The molecule has 2 aliphatic heterocycles. The molecule has 122 valence electrons. The Morgan fingerprint density at radius 3 is 2.64 bits per heavy atom. The van der Waals surface area contributed by atoms with Crippen LogP contribution in [0.4, 0.5) is 0 Å². The number of aryl methyl sites for hydroxylation is 1. The van der Waals surface area contributed by atoms with Crippen LogP contribution in [0.15, 0.2) is 4.52 Å². The molecule has 1 aromatic rings. The van der Waals surface area contributed by atoms with Crippen molar-refractivity contribution < 1.29 is 14.1 Å². The molecule has 22 heavy (non-hydrogen) atoms. The molecule has 3 heterocycles. The fraction of sp³-hybridized carbons (Fsp3) is 0.812. The molecule has 3 rings (SSSR count). The minimum atomic E-state index is 0.192. The summed E-state index contributed by atoms with van der Waals surface area (Å²) in [5, 5.41) is 4.13. The van der Waals surface area contributed by atoms with Crippen LogP contribution in [0.1, 0.15) is 56.7 Å². The van der Waals surface area contributed by atoms with Crippen LogP contribution in [0, 0.1) is 5.92 Å². The SMILES string of the molecule is CC(=O)N1CCC(CCc2noc(C3CCOCC3)n2)CC1. The van der Waals surface area contributed by atoms with Crippen molar-refractivity contribution in [2.24, 2.45) is 5.92 Å². The zero-order valence-electron chi connectivity index (χ0n) is 13.3. The summed E-state index contributed by atoms with van der Waals surface area (Å²) in [6.45, 7) is 5.00. The van der Waals surface area contributed by atoms with E-state index in [0.29, 0.717) is 11.8 Å². The molecule has 2 saturated heterocycles. The highest BCUT2D eigenvalue weighted by molar-refractivity contribution is 5.73. The zero-order valence-corrected chi connectivity index (χ0v) is 13.3. The first-order chi connectivity index (χ1) is 10.7. The minimum absolute atomic E-state index is 0.192. The van der Waals surface area contributed by atoms with Crippen LogP contribution in [-0.2, 0) is 16.0 Å².